The summed E-state index contributed by atoms with van der Waals surface area (Å²) in [5, 5.41) is 0. The number of hydrogen-bond acceptors (Lipinski definition) is 4. The van der Waals surface area contributed by atoms with Gasteiger partial charge in [-0.15, -0.1) is 11.8 Å². The maximum Gasteiger partial charge on any atom is 0.161 e. The first-order valence-corrected chi connectivity index (χ1v) is 7.44. The first kappa shape index (κ1) is 14.6. The molecule has 0 heterocycles. The first-order valence-electron chi connectivity index (χ1n) is 6.46. The van der Waals surface area contributed by atoms with Crippen LogP contribution in [0.5, 0.6) is 11.5 Å². The van der Waals surface area contributed by atoms with Gasteiger partial charge in [-0.1, -0.05) is 24.3 Å². The van der Waals surface area contributed by atoms with Gasteiger partial charge in [0.15, 0.2) is 11.5 Å². The van der Waals surface area contributed by atoms with E-state index in [0.717, 1.165) is 33.4 Å². The number of nitrogen functional groups attached to an aromatic ring is 1. The summed E-state index contributed by atoms with van der Waals surface area (Å²) in [6, 6.07) is 13.7. The number of ether oxygens (including phenoxy) is 2. The molecule has 0 saturated carbocycles. The van der Waals surface area contributed by atoms with Gasteiger partial charge in [0.05, 0.1) is 13.7 Å². The molecule has 0 aliphatic rings. The molecule has 20 heavy (non-hydrogen) atoms. The fraction of sp³-hybridized carbons (Fsp3) is 0.250. The Morgan fingerprint density at radius 1 is 1.05 bits per heavy atom. The lowest BCUT2D eigenvalue weighted by Crippen LogP contribution is -2.02. The molecule has 0 aliphatic carbocycles. The average Bonchev–Trinajstić information content (AvgIpc) is 2.48. The number of methoxy groups -OCH3 is 1. The molecule has 0 saturated heterocycles. The van der Waals surface area contributed by atoms with Crippen LogP contribution in [-0.2, 0) is 0 Å². The Balaban J connectivity index is 1.86. The van der Waals surface area contributed by atoms with Crippen molar-refractivity contribution in [3.63, 3.8) is 0 Å². The lowest BCUT2D eigenvalue weighted by Gasteiger charge is -2.11. The van der Waals surface area contributed by atoms with Crippen molar-refractivity contribution in [3.8, 4) is 11.5 Å². The smallest absolute Gasteiger partial charge is 0.161 e. The summed E-state index contributed by atoms with van der Waals surface area (Å²) in [6.45, 7) is 2.63. The predicted octanol–water partition coefficient (Wildman–Crippen LogP) is 3.76. The fourth-order valence-corrected chi connectivity index (χ4v) is 2.70. The van der Waals surface area contributed by atoms with E-state index in [0.29, 0.717) is 6.61 Å². The van der Waals surface area contributed by atoms with Gasteiger partial charge in [-0.25, -0.2) is 0 Å². The minimum absolute atomic E-state index is 0.610. The Morgan fingerprint density at radius 2 is 1.80 bits per heavy atom. The molecule has 2 N–H and O–H groups in total. The summed E-state index contributed by atoms with van der Waals surface area (Å²) in [6.07, 6.45) is 0. The zero-order chi connectivity index (χ0) is 14.4. The maximum atomic E-state index is 6.04. The van der Waals surface area contributed by atoms with Gasteiger partial charge in [-0.3, -0.25) is 0 Å². The van der Waals surface area contributed by atoms with E-state index in [1.165, 1.54) is 0 Å². The summed E-state index contributed by atoms with van der Waals surface area (Å²) < 4.78 is 11.0. The molecule has 2 aromatic rings. The largest absolute Gasteiger partial charge is 0.493 e. The van der Waals surface area contributed by atoms with Crippen LogP contribution < -0.4 is 15.2 Å². The molecule has 0 fully saturated rings. The second-order valence-corrected chi connectivity index (χ2v) is 5.47. The van der Waals surface area contributed by atoms with Gasteiger partial charge in [0, 0.05) is 16.3 Å². The number of nitrogens with two attached hydrogens (primary N) is 1. The SMILES string of the molecule is COc1ccccc1OCCSc1cccc(C)c1N. The zero-order valence-electron chi connectivity index (χ0n) is 11.8. The van der Waals surface area contributed by atoms with Gasteiger partial charge in [-0.2, -0.15) is 0 Å². The van der Waals surface area contributed by atoms with Crippen LogP contribution >= 0.6 is 11.8 Å². The van der Waals surface area contributed by atoms with Crippen LogP contribution in [0.25, 0.3) is 0 Å². The van der Waals surface area contributed by atoms with Crippen molar-refractivity contribution in [2.75, 3.05) is 25.2 Å². The molecule has 2 rings (SSSR count). The molecule has 0 bridgehead atoms. The molecule has 4 heteroatoms. The molecule has 0 aliphatic heterocycles. The number of benzene rings is 2. The number of para-hydroxylation sites is 3. The molecule has 3 nitrogen and oxygen atoms in total. The van der Waals surface area contributed by atoms with E-state index < -0.39 is 0 Å². The standard InChI is InChI=1S/C16H19NO2S/c1-12-6-5-9-15(16(12)17)20-11-10-19-14-8-4-3-7-13(14)18-2/h3-9H,10-11,17H2,1-2H3. The fourth-order valence-electron chi connectivity index (χ4n) is 1.82. The number of rotatable bonds is 6. The lowest BCUT2D eigenvalue weighted by atomic mass is 10.2. The Kier molecular flexibility index (Phi) is 5.18. The molecule has 106 valence electrons. The molecule has 0 atom stereocenters. The van der Waals surface area contributed by atoms with E-state index in [1.807, 2.05) is 49.4 Å². The van der Waals surface area contributed by atoms with Gasteiger partial charge in [0.25, 0.3) is 0 Å². The quantitative estimate of drug-likeness (QED) is 0.499. The molecule has 0 aromatic heterocycles. The normalized spacial score (nSPS) is 10.3. The Labute approximate surface area is 124 Å². The second kappa shape index (κ2) is 7.10. The molecule has 0 spiro atoms. The van der Waals surface area contributed by atoms with Crippen LogP contribution in [0.4, 0.5) is 5.69 Å². The summed E-state index contributed by atoms with van der Waals surface area (Å²) in [4.78, 5) is 1.11. The molecule has 2 aromatic carbocycles. The topological polar surface area (TPSA) is 44.5 Å². The first-order chi connectivity index (χ1) is 9.72. The maximum absolute atomic E-state index is 6.04. The number of aryl methyl sites for hydroxylation is 1. The molecule has 0 amide bonds. The highest BCUT2D eigenvalue weighted by Crippen LogP contribution is 2.29. The third-order valence-electron chi connectivity index (χ3n) is 2.95. The number of thioether (sulfide) groups is 1. The van der Waals surface area contributed by atoms with Crippen molar-refractivity contribution >= 4 is 17.4 Å². The van der Waals surface area contributed by atoms with Crippen LogP contribution in [0, 0.1) is 6.92 Å². The van der Waals surface area contributed by atoms with Gasteiger partial charge in [0.2, 0.25) is 0 Å². The summed E-state index contributed by atoms with van der Waals surface area (Å²) in [5.74, 6) is 2.37. The minimum atomic E-state index is 0.610. The van der Waals surface area contributed by atoms with Crippen molar-refractivity contribution in [2.45, 2.75) is 11.8 Å². The predicted molar refractivity (Wildman–Crippen MR) is 84.8 cm³/mol. The summed E-state index contributed by atoms with van der Waals surface area (Å²) >= 11 is 1.70. The number of hydrogen-bond donors (Lipinski definition) is 1. The van der Waals surface area contributed by atoms with Crippen molar-refractivity contribution < 1.29 is 9.47 Å². The van der Waals surface area contributed by atoms with Crippen molar-refractivity contribution in [1.29, 1.82) is 0 Å². The van der Waals surface area contributed by atoms with Crippen molar-refractivity contribution in [3.05, 3.63) is 48.0 Å². The van der Waals surface area contributed by atoms with E-state index >= 15 is 0 Å². The average molecular weight is 289 g/mol. The Morgan fingerprint density at radius 3 is 2.55 bits per heavy atom. The van der Waals surface area contributed by atoms with Gasteiger partial charge >= 0.3 is 0 Å². The molecule has 0 radical (unpaired) electrons. The van der Waals surface area contributed by atoms with Crippen LogP contribution in [0.3, 0.4) is 0 Å². The highest BCUT2D eigenvalue weighted by atomic mass is 32.2. The third-order valence-corrected chi connectivity index (χ3v) is 3.99. The van der Waals surface area contributed by atoms with Crippen molar-refractivity contribution in [1.82, 2.24) is 0 Å². The molecule has 0 unspecified atom stereocenters. The minimum Gasteiger partial charge on any atom is -0.493 e. The molecular weight excluding hydrogens is 270 g/mol. The zero-order valence-corrected chi connectivity index (χ0v) is 12.6. The monoisotopic (exact) mass is 289 g/mol. The van der Waals surface area contributed by atoms with E-state index in [9.17, 15) is 0 Å². The summed E-state index contributed by atoms with van der Waals surface area (Å²) in [5.41, 5.74) is 8.01. The van der Waals surface area contributed by atoms with Crippen LogP contribution in [0.2, 0.25) is 0 Å². The van der Waals surface area contributed by atoms with Crippen LogP contribution in [0.1, 0.15) is 5.56 Å². The summed E-state index contributed by atoms with van der Waals surface area (Å²) in [7, 11) is 1.64. The van der Waals surface area contributed by atoms with Gasteiger partial charge in [0.1, 0.15) is 0 Å². The third kappa shape index (κ3) is 3.61. The molecular formula is C16H19NO2S. The Hall–Kier alpha value is -1.81. The number of anilines is 1. The van der Waals surface area contributed by atoms with Gasteiger partial charge in [-0.05, 0) is 30.7 Å². The Bertz CT molecular complexity index is 572. The van der Waals surface area contributed by atoms with E-state index in [1.54, 1.807) is 18.9 Å². The second-order valence-electron chi connectivity index (χ2n) is 4.33. The van der Waals surface area contributed by atoms with Crippen LogP contribution in [-0.4, -0.2) is 19.5 Å². The van der Waals surface area contributed by atoms with E-state index in [-0.39, 0.29) is 0 Å². The van der Waals surface area contributed by atoms with Crippen LogP contribution in [0.15, 0.2) is 47.4 Å². The van der Waals surface area contributed by atoms with E-state index in [2.05, 4.69) is 0 Å². The van der Waals surface area contributed by atoms with Gasteiger partial charge < -0.3 is 15.2 Å². The highest BCUT2D eigenvalue weighted by molar-refractivity contribution is 7.99. The highest BCUT2D eigenvalue weighted by Gasteiger charge is 2.04. The van der Waals surface area contributed by atoms with E-state index in [4.69, 9.17) is 15.2 Å². The van der Waals surface area contributed by atoms with Crippen molar-refractivity contribution in [2.24, 2.45) is 0 Å². The lowest BCUT2D eigenvalue weighted by molar-refractivity contribution is 0.313.